The number of hydrazone groups is 1. The maximum atomic E-state index is 11.8. The van der Waals surface area contributed by atoms with Crippen molar-refractivity contribution in [2.45, 2.75) is 43.5 Å². The Kier molecular flexibility index (Phi) is 5.89. The summed E-state index contributed by atoms with van der Waals surface area (Å²) in [4.78, 5) is 11.5. The van der Waals surface area contributed by atoms with Crippen molar-refractivity contribution in [3.8, 4) is 0 Å². The maximum absolute atomic E-state index is 11.8. The van der Waals surface area contributed by atoms with E-state index in [0.717, 1.165) is 23.7 Å². The highest BCUT2D eigenvalue weighted by atomic mass is 32.2. The number of hydrogen-bond acceptors (Lipinski definition) is 6. The minimum atomic E-state index is -3.95. The molecule has 132 valence electrons. The van der Waals surface area contributed by atoms with Gasteiger partial charge in [0, 0.05) is 11.5 Å². The number of carbonyl (C=O) groups is 1. The SMILES string of the molecule is CCCCCC1C(c2ccccc2S(N)(=O)=O)=NN(S)C1C(=O)O. The van der Waals surface area contributed by atoms with Crippen LogP contribution < -0.4 is 5.14 Å². The molecule has 2 rings (SSSR count). The van der Waals surface area contributed by atoms with Crippen molar-refractivity contribution in [1.82, 2.24) is 4.41 Å². The quantitative estimate of drug-likeness (QED) is 0.500. The highest BCUT2D eigenvalue weighted by Gasteiger charge is 2.42. The minimum Gasteiger partial charge on any atom is -0.480 e. The fraction of sp³-hybridized carbons (Fsp3) is 0.467. The number of carboxylic acid groups (broad SMARTS) is 1. The lowest BCUT2D eigenvalue weighted by molar-refractivity contribution is -0.141. The third-order valence-electron chi connectivity index (χ3n) is 4.03. The van der Waals surface area contributed by atoms with E-state index in [4.69, 9.17) is 5.14 Å². The van der Waals surface area contributed by atoms with Gasteiger partial charge in [0.2, 0.25) is 10.0 Å². The molecule has 2 atom stereocenters. The van der Waals surface area contributed by atoms with E-state index < -0.39 is 28.0 Å². The summed E-state index contributed by atoms with van der Waals surface area (Å²) >= 11 is 4.13. The number of aliphatic carboxylic acids is 1. The van der Waals surface area contributed by atoms with Crippen LogP contribution in [0.1, 0.15) is 38.2 Å². The number of hydrogen-bond donors (Lipinski definition) is 3. The van der Waals surface area contributed by atoms with Crippen LogP contribution in [-0.2, 0) is 14.8 Å². The fourth-order valence-electron chi connectivity index (χ4n) is 2.92. The number of nitrogens with zero attached hydrogens (tertiary/aromatic N) is 2. The lowest BCUT2D eigenvalue weighted by atomic mass is 9.87. The highest BCUT2D eigenvalue weighted by molar-refractivity contribution is 7.89. The van der Waals surface area contributed by atoms with E-state index in [9.17, 15) is 18.3 Å². The van der Waals surface area contributed by atoms with Gasteiger partial charge in [-0.2, -0.15) is 5.10 Å². The number of thiol groups is 1. The molecule has 1 heterocycles. The van der Waals surface area contributed by atoms with Crippen molar-refractivity contribution in [1.29, 1.82) is 0 Å². The van der Waals surface area contributed by atoms with E-state index in [1.54, 1.807) is 18.2 Å². The van der Waals surface area contributed by atoms with E-state index >= 15 is 0 Å². The van der Waals surface area contributed by atoms with E-state index in [2.05, 4.69) is 24.8 Å². The summed E-state index contributed by atoms with van der Waals surface area (Å²) in [6.45, 7) is 2.06. The molecule has 9 heteroatoms. The van der Waals surface area contributed by atoms with Gasteiger partial charge >= 0.3 is 5.97 Å². The van der Waals surface area contributed by atoms with Crippen LogP contribution in [0.4, 0.5) is 0 Å². The maximum Gasteiger partial charge on any atom is 0.329 e. The van der Waals surface area contributed by atoms with Crippen molar-refractivity contribution < 1.29 is 18.3 Å². The molecule has 0 saturated carbocycles. The first-order valence-electron chi connectivity index (χ1n) is 7.69. The Morgan fingerprint density at radius 3 is 2.62 bits per heavy atom. The molecule has 1 aliphatic heterocycles. The molecule has 0 fully saturated rings. The van der Waals surface area contributed by atoms with E-state index in [-0.39, 0.29) is 4.90 Å². The van der Waals surface area contributed by atoms with Crippen molar-refractivity contribution in [3.63, 3.8) is 0 Å². The molecule has 1 aliphatic rings. The molecule has 1 aromatic carbocycles. The third kappa shape index (κ3) is 3.90. The van der Waals surface area contributed by atoms with E-state index in [0.29, 0.717) is 17.7 Å². The molecule has 0 amide bonds. The normalized spacial score (nSPS) is 21.0. The zero-order valence-electron chi connectivity index (χ0n) is 13.3. The van der Waals surface area contributed by atoms with Crippen molar-refractivity contribution in [2.75, 3.05) is 0 Å². The van der Waals surface area contributed by atoms with Gasteiger partial charge in [0.1, 0.15) is 0 Å². The molecular weight excluding hydrogens is 350 g/mol. The van der Waals surface area contributed by atoms with Crippen LogP contribution in [0, 0.1) is 5.92 Å². The summed E-state index contributed by atoms with van der Waals surface area (Å²) in [6.07, 6.45) is 3.36. The molecule has 0 saturated heterocycles. The smallest absolute Gasteiger partial charge is 0.329 e. The predicted molar refractivity (Wildman–Crippen MR) is 94.2 cm³/mol. The average Bonchev–Trinajstić information content (AvgIpc) is 2.83. The Morgan fingerprint density at radius 1 is 1.38 bits per heavy atom. The molecule has 3 N–H and O–H groups in total. The van der Waals surface area contributed by atoms with Crippen LogP contribution in [0.15, 0.2) is 34.3 Å². The summed E-state index contributed by atoms with van der Waals surface area (Å²) in [6, 6.07) is 5.29. The first kappa shape index (κ1) is 18.8. The van der Waals surface area contributed by atoms with Gasteiger partial charge in [0.25, 0.3) is 0 Å². The van der Waals surface area contributed by atoms with Gasteiger partial charge in [0.05, 0.1) is 10.6 Å². The summed E-state index contributed by atoms with van der Waals surface area (Å²) in [5, 5.41) is 19.0. The predicted octanol–water partition coefficient (Wildman–Crippen LogP) is 1.85. The summed E-state index contributed by atoms with van der Waals surface area (Å²) in [7, 11) is -3.95. The number of unbranched alkanes of at least 4 members (excludes halogenated alkanes) is 2. The number of carboxylic acids is 1. The van der Waals surface area contributed by atoms with Gasteiger partial charge in [0.15, 0.2) is 6.04 Å². The van der Waals surface area contributed by atoms with Crippen LogP contribution in [0.25, 0.3) is 0 Å². The molecule has 2 unspecified atom stereocenters. The molecule has 7 nitrogen and oxygen atoms in total. The largest absolute Gasteiger partial charge is 0.480 e. The Bertz CT molecular complexity index is 749. The zero-order chi connectivity index (χ0) is 17.9. The molecular formula is C15H21N3O4S2. The van der Waals surface area contributed by atoms with E-state index in [1.165, 1.54) is 6.07 Å². The second-order valence-electron chi connectivity index (χ2n) is 5.73. The van der Waals surface area contributed by atoms with E-state index in [1.807, 2.05) is 0 Å². The molecule has 0 bridgehead atoms. The van der Waals surface area contributed by atoms with Gasteiger partial charge in [-0.3, -0.25) is 0 Å². The molecule has 0 radical (unpaired) electrons. The zero-order valence-corrected chi connectivity index (χ0v) is 15.0. The Labute approximate surface area is 147 Å². The minimum absolute atomic E-state index is 0.0583. The number of rotatable bonds is 7. The van der Waals surface area contributed by atoms with Crippen LogP contribution in [0.3, 0.4) is 0 Å². The summed E-state index contributed by atoms with van der Waals surface area (Å²) in [5.74, 6) is -1.49. The topological polar surface area (TPSA) is 113 Å². The molecule has 0 aromatic heterocycles. The van der Waals surface area contributed by atoms with Crippen molar-refractivity contribution >= 4 is 34.5 Å². The van der Waals surface area contributed by atoms with Gasteiger partial charge in [-0.05, 0) is 25.3 Å². The first-order valence-corrected chi connectivity index (χ1v) is 9.63. The number of benzene rings is 1. The standard InChI is InChI=1S/C15H21N3O4S2/c1-2-3-4-8-11-13(17-18(23)14(11)15(19)20)10-7-5-6-9-12(10)24(16,21)22/h5-7,9,11,14,23H,2-4,8H2,1H3,(H,19,20)(H2,16,21,22). The average molecular weight is 371 g/mol. The monoisotopic (exact) mass is 371 g/mol. The third-order valence-corrected chi connectivity index (χ3v) is 5.34. The molecule has 1 aromatic rings. The second kappa shape index (κ2) is 7.54. The van der Waals surface area contributed by atoms with Crippen molar-refractivity contribution in [2.24, 2.45) is 16.2 Å². The van der Waals surface area contributed by atoms with Crippen LogP contribution >= 0.6 is 12.8 Å². The lowest BCUT2D eigenvalue weighted by Crippen LogP contribution is -2.37. The van der Waals surface area contributed by atoms with Crippen LogP contribution in [0.5, 0.6) is 0 Å². The van der Waals surface area contributed by atoms with Gasteiger partial charge in [-0.15, -0.1) is 0 Å². The van der Waals surface area contributed by atoms with Gasteiger partial charge in [-0.1, -0.05) is 44.4 Å². The molecule has 0 spiro atoms. The number of sulfonamides is 1. The van der Waals surface area contributed by atoms with Crippen LogP contribution in [-0.4, -0.2) is 35.7 Å². The van der Waals surface area contributed by atoms with Gasteiger partial charge < -0.3 is 5.11 Å². The van der Waals surface area contributed by atoms with Crippen LogP contribution in [0.2, 0.25) is 0 Å². The molecule has 24 heavy (non-hydrogen) atoms. The first-order chi connectivity index (χ1) is 11.3. The molecule has 0 aliphatic carbocycles. The Hall–Kier alpha value is -1.58. The fourth-order valence-corrected chi connectivity index (χ4v) is 4.02. The Morgan fingerprint density at radius 2 is 2.04 bits per heavy atom. The van der Waals surface area contributed by atoms with Gasteiger partial charge in [-0.25, -0.2) is 22.8 Å². The lowest BCUT2D eigenvalue weighted by Gasteiger charge is -2.21. The summed E-state index contributed by atoms with van der Waals surface area (Å²) in [5.41, 5.74) is 0.738. The highest BCUT2D eigenvalue weighted by Crippen LogP contribution is 2.33. The second-order valence-corrected chi connectivity index (χ2v) is 7.67. The summed E-state index contributed by atoms with van der Waals surface area (Å²) < 4.78 is 24.8. The van der Waals surface area contributed by atoms with Crippen molar-refractivity contribution in [3.05, 3.63) is 29.8 Å². The number of nitrogens with two attached hydrogens (primary N) is 1. The number of primary sulfonamides is 1. The Balaban J connectivity index is 2.47.